The van der Waals surface area contributed by atoms with Gasteiger partial charge < -0.3 is 15.0 Å². The molecule has 41 heavy (non-hydrogen) atoms. The van der Waals surface area contributed by atoms with Crippen molar-refractivity contribution in [3.05, 3.63) is 16.7 Å². The molecule has 12 heteroatoms. The lowest BCUT2D eigenvalue weighted by Crippen LogP contribution is -2.44. The van der Waals surface area contributed by atoms with Crippen molar-refractivity contribution >= 4 is 44.3 Å². The zero-order valence-electron chi connectivity index (χ0n) is 26.1. The number of aryl methyl sites for hydroxylation is 1. The zero-order valence-corrected chi connectivity index (χ0v) is 27.7. The molecule has 0 fully saturated rings. The molecule has 1 aliphatic heterocycles. The summed E-state index contributed by atoms with van der Waals surface area (Å²) in [6, 6.07) is -0.277. The van der Waals surface area contributed by atoms with Crippen LogP contribution >= 0.6 is 11.6 Å². The van der Waals surface area contributed by atoms with E-state index < -0.39 is 32.5 Å². The van der Waals surface area contributed by atoms with Crippen LogP contribution in [0.25, 0.3) is 10.9 Å². The first-order chi connectivity index (χ1) is 18.9. The van der Waals surface area contributed by atoms with Crippen molar-refractivity contribution in [1.29, 1.82) is 0 Å². The number of amides is 1. The molecule has 238 valence electrons. The number of carbonyl (C=O) groups excluding carboxylic acids is 1. The fraction of sp³-hybridized carbons (Fsp3) is 0.724. The predicted molar refractivity (Wildman–Crippen MR) is 169 cm³/mol. The highest BCUT2D eigenvalue weighted by Crippen LogP contribution is 2.33. The molecular formula is C29H53ClFN5O4S. The number of rotatable bonds is 6. The van der Waals surface area contributed by atoms with Gasteiger partial charge >= 0.3 is 6.09 Å². The Balaban J connectivity index is 0. The van der Waals surface area contributed by atoms with Gasteiger partial charge in [-0.3, -0.25) is 0 Å². The number of pyridine rings is 1. The monoisotopic (exact) mass is 621 g/mol. The largest absolute Gasteiger partial charge is 0.444 e. The Morgan fingerprint density at radius 3 is 2.20 bits per heavy atom. The second-order valence-electron chi connectivity index (χ2n) is 9.30. The normalized spacial score (nSPS) is 14.1. The van der Waals surface area contributed by atoms with E-state index in [1.54, 1.807) is 25.7 Å². The minimum Gasteiger partial charge on any atom is -0.444 e. The Morgan fingerprint density at radius 1 is 1.10 bits per heavy atom. The van der Waals surface area contributed by atoms with Gasteiger partial charge in [-0.05, 0) is 46.5 Å². The molecule has 1 N–H and O–H groups in total. The highest BCUT2D eigenvalue weighted by atomic mass is 35.5. The van der Waals surface area contributed by atoms with Crippen molar-refractivity contribution in [2.75, 3.05) is 24.2 Å². The Bertz CT molecular complexity index is 1190. The number of nitrogens with zero attached hydrogens (tertiary/aromatic N) is 4. The summed E-state index contributed by atoms with van der Waals surface area (Å²) in [5.74, 6) is -0.963. The van der Waals surface area contributed by atoms with E-state index in [1.807, 2.05) is 48.5 Å². The van der Waals surface area contributed by atoms with Crippen molar-refractivity contribution in [3.8, 4) is 0 Å². The Kier molecular flexibility index (Phi) is 19.0. The fourth-order valence-corrected chi connectivity index (χ4v) is 4.70. The van der Waals surface area contributed by atoms with E-state index in [2.05, 4.69) is 20.3 Å². The number of anilines is 1. The molecule has 0 aromatic carbocycles. The van der Waals surface area contributed by atoms with Crippen molar-refractivity contribution in [3.63, 3.8) is 0 Å². The fourth-order valence-electron chi connectivity index (χ4n) is 3.79. The molecule has 1 amide bonds. The number of aromatic nitrogens is 3. The molecule has 2 aromatic rings. The summed E-state index contributed by atoms with van der Waals surface area (Å²) in [4.78, 5) is 26.8. The maximum absolute atomic E-state index is 14.9. The van der Waals surface area contributed by atoms with Crippen molar-refractivity contribution in [1.82, 2.24) is 19.9 Å². The first-order valence-corrected chi connectivity index (χ1v) is 16.4. The molecule has 9 nitrogen and oxygen atoms in total. The predicted octanol–water partition coefficient (Wildman–Crippen LogP) is 8.09. The van der Waals surface area contributed by atoms with Gasteiger partial charge in [0, 0.05) is 19.1 Å². The van der Waals surface area contributed by atoms with Crippen LogP contribution in [0.1, 0.15) is 109 Å². The number of hydrogen-bond acceptors (Lipinski definition) is 8. The van der Waals surface area contributed by atoms with Gasteiger partial charge in [-0.2, -0.15) is 0 Å². The third-order valence-corrected chi connectivity index (χ3v) is 7.10. The van der Waals surface area contributed by atoms with Crippen LogP contribution in [0.4, 0.5) is 15.0 Å². The smallest absolute Gasteiger partial charge is 0.410 e. The Hall–Kier alpha value is -2.27. The Morgan fingerprint density at radius 2 is 1.68 bits per heavy atom. The number of carbonyl (C=O) groups is 1. The average Bonchev–Trinajstić information content (AvgIpc) is 2.92. The molecule has 3 heterocycles. The lowest BCUT2D eigenvalue weighted by molar-refractivity contribution is 0.0240. The highest BCUT2D eigenvalue weighted by molar-refractivity contribution is 7.91. The van der Waals surface area contributed by atoms with Gasteiger partial charge in [0.1, 0.15) is 16.9 Å². The molecule has 1 aliphatic rings. The summed E-state index contributed by atoms with van der Waals surface area (Å²) < 4.78 is 45.5. The van der Waals surface area contributed by atoms with E-state index in [0.717, 1.165) is 6.42 Å². The number of ether oxygens (including phenoxy) is 1. The van der Waals surface area contributed by atoms with Crippen molar-refractivity contribution in [2.24, 2.45) is 0 Å². The minimum absolute atomic E-state index is 0. The second kappa shape index (κ2) is 19.0. The van der Waals surface area contributed by atoms with Crippen LogP contribution in [-0.2, 0) is 21.0 Å². The van der Waals surface area contributed by atoms with Crippen LogP contribution in [0.5, 0.6) is 0 Å². The molecule has 0 bridgehead atoms. The summed E-state index contributed by atoms with van der Waals surface area (Å²) in [6.45, 7) is 21.6. The van der Waals surface area contributed by atoms with E-state index >= 15 is 0 Å². The van der Waals surface area contributed by atoms with Gasteiger partial charge in [0.25, 0.3) is 0 Å². The molecule has 2 aromatic heterocycles. The van der Waals surface area contributed by atoms with E-state index in [9.17, 15) is 17.6 Å². The molecule has 0 saturated carbocycles. The minimum atomic E-state index is -3.82. The van der Waals surface area contributed by atoms with E-state index in [-0.39, 0.29) is 35.7 Å². The molecule has 0 saturated heterocycles. The van der Waals surface area contributed by atoms with Gasteiger partial charge in [-0.15, -0.1) is 0 Å². The molecular weight excluding hydrogens is 569 g/mol. The lowest BCUT2D eigenvalue weighted by Gasteiger charge is -2.31. The molecule has 1 atom stereocenters. The van der Waals surface area contributed by atoms with E-state index in [4.69, 9.17) is 16.3 Å². The third kappa shape index (κ3) is 11.5. The van der Waals surface area contributed by atoms with Gasteiger partial charge in [0.2, 0.25) is 15.0 Å². The maximum atomic E-state index is 14.9. The van der Waals surface area contributed by atoms with Crippen LogP contribution in [0.2, 0.25) is 5.15 Å². The SMILES string of the molecule is C.CC.CC.CC.CCCN(CC1CCCc2nc(Cl)c(F)c3nc(S(=O)(=O)CC)nc(c23)N1)C(=O)OC(C)(C)C. The lowest BCUT2D eigenvalue weighted by atomic mass is 10.0. The molecule has 3 rings (SSSR count). The number of halogens is 2. The molecule has 0 spiro atoms. The summed E-state index contributed by atoms with van der Waals surface area (Å²) in [5, 5.41) is 2.71. The summed E-state index contributed by atoms with van der Waals surface area (Å²) in [7, 11) is -3.82. The average molecular weight is 622 g/mol. The topological polar surface area (TPSA) is 114 Å². The first kappa shape index (κ1) is 40.9. The zero-order chi connectivity index (χ0) is 31.3. The van der Waals surface area contributed by atoms with E-state index in [1.165, 1.54) is 6.92 Å². The second-order valence-corrected chi connectivity index (χ2v) is 11.8. The van der Waals surface area contributed by atoms with Crippen LogP contribution < -0.4 is 5.32 Å². The summed E-state index contributed by atoms with van der Waals surface area (Å²) in [6.07, 6.45) is 2.11. The van der Waals surface area contributed by atoms with E-state index in [0.29, 0.717) is 43.4 Å². The standard InChI is InChI=1S/C22H31ClFN5O4S.3C2H6.CH4/c1-6-11-29(21(30)33-22(3,4)5)12-13-9-8-10-14-15-17(16(24)18(23)26-14)27-20(28-19(15)25-13)34(31,32)7-2;3*1-2;/h13H,6-12H2,1-5H3,(H,25,27,28);3*1-2H3;1H4. The highest BCUT2D eigenvalue weighted by Gasteiger charge is 2.29. The maximum Gasteiger partial charge on any atom is 0.410 e. The number of sulfone groups is 1. The van der Waals surface area contributed by atoms with Crippen molar-refractivity contribution < 1.29 is 22.3 Å². The summed E-state index contributed by atoms with van der Waals surface area (Å²) >= 11 is 5.99. The number of nitrogens with one attached hydrogen (secondary N) is 1. The van der Waals surface area contributed by atoms with Crippen molar-refractivity contribution in [2.45, 2.75) is 126 Å². The van der Waals surface area contributed by atoms with Gasteiger partial charge in [0.05, 0.1) is 16.8 Å². The van der Waals surface area contributed by atoms with Crippen LogP contribution in [0.15, 0.2) is 5.16 Å². The molecule has 0 aliphatic carbocycles. The van der Waals surface area contributed by atoms with Gasteiger partial charge in [0.15, 0.2) is 11.0 Å². The van der Waals surface area contributed by atoms with Crippen LogP contribution in [0, 0.1) is 5.82 Å². The first-order valence-electron chi connectivity index (χ1n) is 14.4. The number of hydrogen-bond donors (Lipinski definition) is 1. The van der Waals surface area contributed by atoms with Gasteiger partial charge in [-0.1, -0.05) is 74.4 Å². The molecule has 1 unspecified atom stereocenters. The van der Waals surface area contributed by atoms with Gasteiger partial charge in [-0.25, -0.2) is 32.6 Å². The Labute approximate surface area is 252 Å². The van der Waals surface area contributed by atoms with Crippen LogP contribution in [-0.4, -0.2) is 64.8 Å². The third-order valence-electron chi connectivity index (χ3n) is 5.35. The molecule has 0 radical (unpaired) electrons. The summed E-state index contributed by atoms with van der Waals surface area (Å²) in [5.41, 5.74) is -0.320. The quantitative estimate of drug-likeness (QED) is 0.254. The van der Waals surface area contributed by atoms with Crippen LogP contribution in [0.3, 0.4) is 0 Å².